The second-order valence-electron chi connectivity index (χ2n) is 3.75. The van der Waals surface area contributed by atoms with Crippen LogP contribution in [0.3, 0.4) is 0 Å². The molecule has 0 saturated heterocycles. The Morgan fingerprint density at radius 2 is 1.93 bits per heavy atom. The number of halogens is 3. The summed E-state index contributed by atoms with van der Waals surface area (Å²) in [6.07, 6.45) is 1.72. The molecule has 0 saturated carbocycles. The second-order valence-corrected chi connectivity index (χ2v) is 5.52. The maximum absolute atomic E-state index is 13.6. The Morgan fingerprint density at radius 1 is 1.27 bits per heavy atom. The van der Waals surface area contributed by atoms with E-state index in [9.17, 15) is 4.39 Å². The number of rotatable bonds is 4. The lowest BCUT2D eigenvalue weighted by molar-refractivity contribution is 0.398. The van der Waals surface area contributed by atoms with Gasteiger partial charge in [0.15, 0.2) is 0 Å². The fraction of sp³-hybridized carbons (Fsp3) is 0.455. The Hall–Kier alpha value is 0.0700. The molecule has 0 heterocycles. The van der Waals surface area contributed by atoms with Gasteiger partial charge < -0.3 is 4.90 Å². The van der Waals surface area contributed by atoms with Gasteiger partial charge in [-0.05, 0) is 45.6 Å². The SMILES string of the molecule is CN(C)CCCc1c(F)cc(Br)cc1Br. The maximum Gasteiger partial charge on any atom is 0.128 e. The highest BCUT2D eigenvalue weighted by Crippen LogP contribution is 2.26. The van der Waals surface area contributed by atoms with E-state index in [1.807, 2.05) is 20.2 Å². The molecule has 0 unspecified atom stereocenters. The molecule has 0 spiro atoms. The van der Waals surface area contributed by atoms with Gasteiger partial charge in [-0.25, -0.2) is 4.39 Å². The number of hydrogen-bond donors (Lipinski definition) is 0. The summed E-state index contributed by atoms with van der Waals surface area (Å²) in [5, 5.41) is 0. The fourth-order valence-corrected chi connectivity index (χ4v) is 2.75. The molecule has 0 aliphatic carbocycles. The van der Waals surface area contributed by atoms with Crippen LogP contribution in [0.15, 0.2) is 21.1 Å². The van der Waals surface area contributed by atoms with Gasteiger partial charge in [0.2, 0.25) is 0 Å². The van der Waals surface area contributed by atoms with E-state index < -0.39 is 0 Å². The third-order valence-corrected chi connectivity index (χ3v) is 3.30. The molecule has 1 rings (SSSR count). The first-order valence-electron chi connectivity index (χ1n) is 4.79. The summed E-state index contributed by atoms with van der Waals surface area (Å²) in [4.78, 5) is 2.10. The summed E-state index contributed by atoms with van der Waals surface area (Å²) in [7, 11) is 4.04. The van der Waals surface area contributed by atoms with Crippen LogP contribution in [0.5, 0.6) is 0 Å². The van der Waals surface area contributed by atoms with E-state index in [1.165, 1.54) is 6.07 Å². The van der Waals surface area contributed by atoms with Gasteiger partial charge in [0.25, 0.3) is 0 Å². The van der Waals surface area contributed by atoms with E-state index in [0.29, 0.717) is 0 Å². The lowest BCUT2D eigenvalue weighted by Gasteiger charge is -2.10. The molecule has 1 nitrogen and oxygen atoms in total. The predicted molar refractivity (Wildman–Crippen MR) is 68.7 cm³/mol. The van der Waals surface area contributed by atoms with Crippen LogP contribution >= 0.6 is 31.9 Å². The van der Waals surface area contributed by atoms with Crippen molar-refractivity contribution < 1.29 is 4.39 Å². The van der Waals surface area contributed by atoms with Gasteiger partial charge in [-0.15, -0.1) is 0 Å². The minimum absolute atomic E-state index is 0.144. The van der Waals surface area contributed by atoms with E-state index in [0.717, 1.165) is 33.9 Å². The summed E-state index contributed by atoms with van der Waals surface area (Å²) in [6, 6.07) is 3.39. The van der Waals surface area contributed by atoms with Crippen molar-refractivity contribution in [2.75, 3.05) is 20.6 Å². The lowest BCUT2D eigenvalue weighted by atomic mass is 10.1. The first-order valence-corrected chi connectivity index (χ1v) is 6.37. The molecule has 0 N–H and O–H groups in total. The van der Waals surface area contributed by atoms with Crippen LogP contribution in [-0.4, -0.2) is 25.5 Å². The lowest BCUT2D eigenvalue weighted by Crippen LogP contribution is -2.13. The normalized spacial score (nSPS) is 11.1. The van der Waals surface area contributed by atoms with Crippen molar-refractivity contribution >= 4 is 31.9 Å². The average Bonchev–Trinajstić information content (AvgIpc) is 2.08. The summed E-state index contributed by atoms with van der Waals surface area (Å²) in [5.41, 5.74) is 0.764. The number of hydrogen-bond acceptors (Lipinski definition) is 1. The zero-order valence-corrected chi connectivity index (χ0v) is 12.0. The summed E-state index contributed by atoms with van der Waals surface area (Å²) in [6.45, 7) is 0.974. The second kappa shape index (κ2) is 5.97. The van der Waals surface area contributed by atoms with E-state index >= 15 is 0 Å². The maximum atomic E-state index is 13.6. The van der Waals surface area contributed by atoms with Crippen molar-refractivity contribution in [2.24, 2.45) is 0 Å². The molecule has 0 fully saturated rings. The van der Waals surface area contributed by atoms with E-state index in [4.69, 9.17) is 0 Å². The van der Waals surface area contributed by atoms with Crippen LogP contribution < -0.4 is 0 Å². The molecule has 84 valence electrons. The molecule has 1 aromatic carbocycles. The van der Waals surface area contributed by atoms with Crippen molar-refractivity contribution in [3.05, 3.63) is 32.5 Å². The minimum atomic E-state index is -0.144. The van der Waals surface area contributed by atoms with E-state index in [2.05, 4.69) is 36.8 Å². The summed E-state index contributed by atoms with van der Waals surface area (Å²) >= 11 is 6.64. The Labute approximate surface area is 107 Å². The van der Waals surface area contributed by atoms with Gasteiger partial charge >= 0.3 is 0 Å². The fourth-order valence-electron chi connectivity index (χ4n) is 1.38. The first kappa shape index (κ1) is 13.1. The zero-order chi connectivity index (χ0) is 11.4. The average molecular weight is 339 g/mol. The molecule has 0 aliphatic rings. The largest absolute Gasteiger partial charge is 0.309 e. The van der Waals surface area contributed by atoms with E-state index in [1.54, 1.807) is 0 Å². The highest BCUT2D eigenvalue weighted by Gasteiger charge is 2.08. The molecule has 0 bridgehead atoms. The van der Waals surface area contributed by atoms with Crippen LogP contribution in [0.2, 0.25) is 0 Å². The highest BCUT2D eigenvalue weighted by atomic mass is 79.9. The van der Waals surface area contributed by atoms with Crippen LogP contribution in [0.4, 0.5) is 4.39 Å². The Kier molecular flexibility index (Phi) is 5.23. The molecule has 0 aromatic heterocycles. The first-order chi connectivity index (χ1) is 7.00. The third-order valence-electron chi connectivity index (χ3n) is 2.14. The molecular weight excluding hydrogens is 325 g/mol. The van der Waals surface area contributed by atoms with E-state index in [-0.39, 0.29) is 5.82 Å². The minimum Gasteiger partial charge on any atom is -0.309 e. The highest BCUT2D eigenvalue weighted by molar-refractivity contribution is 9.11. The zero-order valence-electron chi connectivity index (χ0n) is 8.86. The molecule has 0 atom stereocenters. The topological polar surface area (TPSA) is 3.24 Å². The molecule has 4 heteroatoms. The molecule has 0 amide bonds. The van der Waals surface area contributed by atoms with Crippen LogP contribution in [-0.2, 0) is 6.42 Å². The van der Waals surface area contributed by atoms with Gasteiger partial charge in [0.1, 0.15) is 5.82 Å². The van der Waals surface area contributed by atoms with Gasteiger partial charge in [-0.3, -0.25) is 0 Å². The van der Waals surface area contributed by atoms with Crippen LogP contribution in [0, 0.1) is 5.82 Å². The smallest absolute Gasteiger partial charge is 0.128 e. The molecule has 15 heavy (non-hydrogen) atoms. The van der Waals surface area contributed by atoms with Crippen molar-refractivity contribution in [3.63, 3.8) is 0 Å². The van der Waals surface area contributed by atoms with Crippen molar-refractivity contribution in [3.8, 4) is 0 Å². The molecule has 0 radical (unpaired) electrons. The van der Waals surface area contributed by atoms with Gasteiger partial charge in [-0.1, -0.05) is 31.9 Å². The monoisotopic (exact) mass is 337 g/mol. The van der Waals surface area contributed by atoms with Gasteiger partial charge in [0.05, 0.1) is 0 Å². The van der Waals surface area contributed by atoms with Gasteiger partial charge in [0, 0.05) is 14.5 Å². The summed E-state index contributed by atoms with van der Waals surface area (Å²) in [5.74, 6) is -0.144. The number of nitrogens with zero attached hydrogens (tertiary/aromatic N) is 1. The van der Waals surface area contributed by atoms with Gasteiger partial charge in [-0.2, -0.15) is 0 Å². The Morgan fingerprint density at radius 3 is 2.47 bits per heavy atom. The third kappa shape index (κ3) is 4.21. The molecular formula is C11H14Br2FN. The van der Waals surface area contributed by atoms with Crippen molar-refractivity contribution in [1.82, 2.24) is 4.90 Å². The quantitative estimate of drug-likeness (QED) is 0.806. The molecule has 1 aromatic rings. The summed E-state index contributed by atoms with van der Waals surface area (Å²) < 4.78 is 15.2. The number of benzene rings is 1. The Bertz CT molecular complexity index is 316. The van der Waals surface area contributed by atoms with Crippen molar-refractivity contribution in [1.29, 1.82) is 0 Å². The standard InChI is InChI=1S/C11H14Br2FN/c1-15(2)5-3-4-9-10(13)6-8(12)7-11(9)14/h6-7H,3-5H2,1-2H3. The van der Waals surface area contributed by atoms with Crippen molar-refractivity contribution in [2.45, 2.75) is 12.8 Å². The molecule has 0 aliphatic heterocycles. The Balaban J connectivity index is 2.68. The van der Waals surface area contributed by atoms with Crippen LogP contribution in [0.1, 0.15) is 12.0 Å². The predicted octanol–water partition coefficient (Wildman–Crippen LogP) is 3.84. The van der Waals surface area contributed by atoms with Crippen LogP contribution in [0.25, 0.3) is 0 Å².